The lowest BCUT2D eigenvalue weighted by molar-refractivity contribution is -0.384. The number of aryl methyl sites for hydroxylation is 1. The molecule has 1 aromatic carbocycles. The topological polar surface area (TPSA) is 75.4 Å². The quantitative estimate of drug-likeness (QED) is 0.419. The summed E-state index contributed by atoms with van der Waals surface area (Å²) in [6.07, 6.45) is 0. The molecule has 5 heteroatoms. The van der Waals surface area contributed by atoms with Gasteiger partial charge >= 0.3 is 0 Å². The summed E-state index contributed by atoms with van der Waals surface area (Å²) in [5, 5.41) is 21.6. The molecule has 5 nitrogen and oxygen atoms in total. The summed E-state index contributed by atoms with van der Waals surface area (Å²) in [5.41, 5.74) is 1.50. The lowest BCUT2D eigenvalue weighted by Gasteiger charge is -2.05. The van der Waals surface area contributed by atoms with Gasteiger partial charge in [0.15, 0.2) is 0 Å². The van der Waals surface area contributed by atoms with Crippen LogP contribution in [0.15, 0.2) is 18.2 Å². The molecule has 0 fully saturated rings. The zero-order chi connectivity index (χ0) is 9.84. The van der Waals surface area contributed by atoms with Crippen LogP contribution in [-0.4, -0.2) is 16.8 Å². The van der Waals surface area contributed by atoms with Crippen LogP contribution >= 0.6 is 0 Å². The maximum absolute atomic E-state index is 10.4. The molecule has 0 bridgehead atoms. The number of nitro benzene ring substituents is 1. The van der Waals surface area contributed by atoms with Crippen molar-refractivity contribution < 1.29 is 10.0 Å². The van der Waals surface area contributed by atoms with Gasteiger partial charge in [0.05, 0.1) is 4.92 Å². The Bertz CT molecular complexity index is 325. The second-order valence-electron chi connectivity index (χ2n) is 2.59. The summed E-state index contributed by atoms with van der Waals surface area (Å²) in [5.74, 6) is 0. The average molecular weight is 182 g/mol. The average Bonchev–Trinajstić information content (AvgIpc) is 2.08. The van der Waals surface area contributed by atoms with Gasteiger partial charge in [0.25, 0.3) is 5.69 Å². The van der Waals surface area contributed by atoms with E-state index >= 15 is 0 Å². The predicted molar refractivity (Wildman–Crippen MR) is 48.5 cm³/mol. The van der Waals surface area contributed by atoms with Crippen LogP contribution < -0.4 is 5.32 Å². The van der Waals surface area contributed by atoms with E-state index in [1.54, 1.807) is 13.0 Å². The number of non-ortho nitro benzene ring substituents is 1. The van der Waals surface area contributed by atoms with Gasteiger partial charge in [-0.15, -0.1) is 0 Å². The molecule has 0 spiro atoms. The normalized spacial score (nSPS) is 9.69. The first kappa shape index (κ1) is 9.47. The molecule has 0 aliphatic rings. The minimum absolute atomic E-state index is 0.0565. The second-order valence-corrected chi connectivity index (χ2v) is 2.59. The van der Waals surface area contributed by atoms with Crippen molar-refractivity contribution in [1.29, 1.82) is 0 Å². The molecule has 0 aromatic heterocycles. The highest BCUT2D eigenvalue weighted by Gasteiger charge is 2.06. The smallest absolute Gasteiger partial charge is 0.269 e. The molecule has 0 amide bonds. The van der Waals surface area contributed by atoms with Gasteiger partial charge in [0.1, 0.15) is 6.73 Å². The van der Waals surface area contributed by atoms with Gasteiger partial charge in [0.2, 0.25) is 0 Å². The zero-order valence-electron chi connectivity index (χ0n) is 7.15. The van der Waals surface area contributed by atoms with Crippen LogP contribution in [0.25, 0.3) is 0 Å². The second kappa shape index (κ2) is 3.86. The van der Waals surface area contributed by atoms with E-state index in [2.05, 4.69) is 5.32 Å². The summed E-state index contributed by atoms with van der Waals surface area (Å²) < 4.78 is 0. The SMILES string of the molecule is Cc1cc([N+](=O)[O-])ccc1NCO. The predicted octanol–water partition coefficient (Wildman–Crippen LogP) is 1.26. The first-order valence-corrected chi connectivity index (χ1v) is 3.75. The summed E-state index contributed by atoms with van der Waals surface area (Å²) in [4.78, 5) is 9.91. The van der Waals surface area contributed by atoms with Crippen LogP contribution in [0.5, 0.6) is 0 Å². The Morgan fingerprint density at radius 3 is 2.77 bits per heavy atom. The Morgan fingerprint density at radius 1 is 1.62 bits per heavy atom. The molecular weight excluding hydrogens is 172 g/mol. The van der Waals surface area contributed by atoms with Crippen molar-refractivity contribution in [3.63, 3.8) is 0 Å². The first-order valence-electron chi connectivity index (χ1n) is 3.75. The Hall–Kier alpha value is -1.62. The van der Waals surface area contributed by atoms with Crippen molar-refractivity contribution in [1.82, 2.24) is 0 Å². The van der Waals surface area contributed by atoms with Crippen LogP contribution in [0.1, 0.15) is 5.56 Å². The largest absolute Gasteiger partial charge is 0.377 e. The first-order chi connectivity index (χ1) is 6.15. The zero-order valence-corrected chi connectivity index (χ0v) is 7.15. The Balaban J connectivity index is 2.98. The third kappa shape index (κ3) is 2.16. The molecule has 0 radical (unpaired) electrons. The number of anilines is 1. The van der Waals surface area contributed by atoms with Gasteiger partial charge in [-0.05, 0) is 18.6 Å². The molecule has 70 valence electrons. The number of rotatable bonds is 3. The maximum atomic E-state index is 10.4. The van der Waals surface area contributed by atoms with Gasteiger partial charge in [0, 0.05) is 17.8 Å². The molecule has 1 rings (SSSR count). The maximum Gasteiger partial charge on any atom is 0.269 e. The van der Waals surface area contributed by atoms with Crippen molar-refractivity contribution in [3.05, 3.63) is 33.9 Å². The summed E-state index contributed by atoms with van der Waals surface area (Å²) in [7, 11) is 0. The van der Waals surface area contributed by atoms with Crippen molar-refractivity contribution in [2.45, 2.75) is 6.92 Å². The van der Waals surface area contributed by atoms with Crippen LogP contribution in [-0.2, 0) is 0 Å². The summed E-state index contributed by atoms with van der Waals surface area (Å²) >= 11 is 0. The lowest BCUT2D eigenvalue weighted by atomic mass is 10.2. The van der Waals surface area contributed by atoms with Gasteiger partial charge in [-0.2, -0.15) is 0 Å². The van der Waals surface area contributed by atoms with E-state index in [-0.39, 0.29) is 12.4 Å². The highest BCUT2D eigenvalue weighted by molar-refractivity contribution is 5.55. The third-order valence-corrected chi connectivity index (χ3v) is 1.69. The van der Waals surface area contributed by atoms with Gasteiger partial charge in [-0.1, -0.05) is 0 Å². The molecule has 0 aliphatic heterocycles. The molecule has 2 N–H and O–H groups in total. The van der Waals surface area contributed by atoms with Crippen molar-refractivity contribution >= 4 is 11.4 Å². The Kier molecular flexibility index (Phi) is 2.81. The summed E-state index contributed by atoms with van der Waals surface area (Å²) in [6, 6.07) is 4.42. The van der Waals surface area contributed by atoms with E-state index < -0.39 is 4.92 Å². The molecule has 0 atom stereocenters. The molecule has 0 unspecified atom stereocenters. The number of nitrogens with zero attached hydrogens (tertiary/aromatic N) is 1. The number of benzene rings is 1. The van der Waals surface area contributed by atoms with E-state index in [1.807, 2.05) is 0 Å². The highest BCUT2D eigenvalue weighted by atomic mass is 16.6. The molecule has 0 aliphatic carbocycles. The minimum atomic E-state index is -0.449. The third-order valence-electron chi connectivity index (χ3n) is 1.69. The van der Waals surface area contributed by atoms with Crippen LogP contribution in [0.2, 0.25) is 0 Å². The highest BCUT2D eigenvalue weighted by Crippen LogP contribution is 2.20. The van der Waals surface area contributed by atoms with Crippen molar-refractivity contribution in [2.24, 2.45) is 0 Å². The molecule has 1 aromatic rings. The molecule has 0 saturated carbocycles. The van der Waals surface area contributed by atoms with E-state index in [1.165, 1.54) is 12.1 Å². The van der Waals surface area contributed by atoms with Gasteiger partial charge in [-0.3, -0.25) is 10.1 Å². The van der Waals surface area contributed by atoms with E-state index in [9.17, 15) is 10.1 Å². The monoisotopic (exact) mass is 182 g/mol. The number of nitrogens with one attached hydrogen (secondary N) is 1. The van der Waals surface area contributed by atoms with Crippen LogP contribution in [0.3, 0.4) is 0 Å². The number of aliphatic hydroxyl groups excluding tert-OH is 1. The standard InChI is InChI=1S/C8H10N2O3/c1-6-4-7(10(12)13)2-3-8(6)9-5-11/h2-4,9,11H,5H2,1H3. The lowest BCUT2D eigenvalue weighted by Crippen LogP contribution is -2.01. The molecule has 13 heavy (non-hydrogen) atoms. The number of hydrogen-bond acceptors (Lipinski definition) is 4. The fourth-order valence-electron chi connectivity index (χ4n) is 1.04. The van der Waals surface area contributed by atoms with E-state index in [4.69, 9.17) is 5.11 Å². The summed E-state index contributed by atoms with van der Waals surface area (Å²) in [6.45, 7) is 1.56. The van der Waals surface area contributed by atoms with Crippen LogP contribution in [0.4, 0.5) is 11.4 Å². The number of hydrogen-bond donors (Lipinski definition) is 2. The number of aliphatic hydroxyl groups is 1. The fourth-order valence-corrected chi connectivity index (χ4v) is 1.04. The van der Waals surface area contributed by atoms with Crippen LogP contribution in [0, 0.1) is 17.0 Å². The fraction of sp³-hybridized carbons (Fsp3) is 0.250. The minimum Gasteiger partial charge on any atom is -0.377 e. The van der Waals surface area contributed by atoms with E-state index in [0.29, 0.717) is 5.69 Å². The van der Waals surface area contributed by atoms with Crippen molar-refractivity contribution in [2.75, 3.05) is 12.0 Å². The number of nitro groups is 1. The Morgan fingerprint density at radius 2 is 2.31 bits per heavy atom. The van der Waals surface area contributed by atoms with Gasteiger partial charge in [-0.25, -0.2) is 0 Å². The molecular formula is C8H10N2O3. The molecule has 0 heterocycles. The van der Waals surface area contributed by atoms with Crippen molar-refractivity contribution in [3.8, 4) is 0 Å². The molecule has 0 saturated heterocycles. The van der Waals surface area contributed by atoms with E-state index in [0.717, 1.165) is 5.56 Å². The van der Waals surface area contributed by atoms with Gasteiger partial charge < -0.3 is 10.4 Å². The Labute approximate surface area is 75.2 Å².